The normalized spacial score (nSPS) is 9.70. The van der Waals surface area contributed by atoms with Crippen LogP contribution < -0.4 is 0 Å². The maximum Gasteiger partial charge on any atom is 0.300 e. The number of carboxylic acid groups (broad SMARTS) is 1. The minimum atomic E-state index is -1.12. The van der Waals surface area contributed by atoms with E-state index >= 15 is 0 Å². The number of hydrogen-bond acceptors (Lipinski definition) is 5. The van der Waals surface area contributed by atoms with Crippen molar-refractivity contribution in [1.82, 2.24) is 0 Å². The van der Waals surface area contributed by atoms with Gasteiger partial charge in [-0.3, -0.25) is 14.4 Å². The number of carbonyl (C=O) groups excluding carboxylic acids is 2. The minimum Gasteiger partial charge on any atom is -0.481 e. The van der Waals surface area contributed by atoms with Crippen LogP contribution in [0.1, 0.15) is 39.3 Å². The van der Waals surface area contributed by atoms with Crippen molar-refractivity contribution in [2.45, 2.75) is 13.0 Å². The maximum atomic E-state index is 10.1. The van der Waals surface area contributed by atoms with Crippen LogP contribution in [-0.2, 0) is 4.79 Å². The zero-order valence-corrected chi connectivity index (χ0v) is 19.6. The number of nitriles is 1. The number of halogens is 3. The smallest absolute Gasteiger partial charge is 0.300 e. The second-order valence-corrected chi connectivity index (χ2v) is 7.07. The fourth-order valence-corrected chi connectivity index (χ4v) is 2.51. The minimum absolute atomic E-state index is 0.418. The Morgan fingerprint density at radius 1 is 0.818 bits per heavy atom. The van der Waals surface area contributed by atoms with Crippen LogP contribution in [0.2, 0.25) is 15.1 Å². The molecule has 2 N–H and O–H groups in total. The standard InChI is InChI=1S/C8H6ClNO.2C7H5ClO.C2H4O2/c9-7-4-2-1-3-6(7)8(11)5-10;2*8-7-4-2-1-3-6(7)5-9;1-2(3)4/h1-4,8,11H;2*1-5H;1H3,(H,3,4)/t8-;;;/m0.../s1. The molecule has 0 radical (unpaired) electrons. The molecule has 0 fully saturated rings. The first-order chi connectivity index (χ1) is 15.7. The second-order valence-electron chi connectivity index (χ2n) is 5.85. The van der Waals surface area contributed by atoms with Crippen molar-refractivity contribution in [2.75, 3.05) is 0 Å². The summed E-state index contributed by atoms with van der Waals surface area (Å²) in [6.07, 6.45) is 0.355. The first-order valence-electron chi connectivity index (χ1n) is 9.08. The first-order valence-corrected chi connectivity index (χ1v) is 10.2. The molecule has 3 aromatic carbocycles. The molecule has 0 unspecified atom stereocenters. The second kappa shape index (κ2) is 17.4. The van der Waals surface area contributed by atoms with Crippen LogP contribution >= 0.6 is 34.8 Å². The molecule has 0 spiro atoms. The summed E-state index contributed by atoms with van der Waals surface area (Å²) in [5, 5.41) is 26.3. The van der Waals surface area contributed by atoms with Crippen LogP contribution in [0.3, 0.4) is 0 Å². The molecule has 3 rings (SSSR count). The summed E-state index contributed by atoms with van der Waals surface area (Å²) >= 11 is 16.9. The van der Waals surface area contributed by atoms with Crippen LogP contribution in [0.15, 0.2) is 72.8 Å². The van der Waals surface area contributed by atoms with Gasteiger partial charge in [-0.15, -0.1) is 0 Å². The highest BCUT2D eigenvalue weighted by atomic mass is 35.5. The summed E-state index contributed by atoms with van der Waals surface area (Å²) in [6.45, 7) is 1.08. The van der Waals surface area contributed by atoms with E-state index in [0.717, 1.165) is 19.5 Å². The lowest BCUT2D eigenvalue weighted by Crippen LogP contribution is -1.93. The van der Waals surface area contributed by atoms with Gasteiger partial charge in [0.05, 0.1) is 16.1 Å². The molecule has 0 heterocycles. The summed E-state index contributed by atoms with van der Waals surface area (Å²) in [5.74, 6) is -0.833. The Bertz CT molecular complexity index is 1030. The molecule has 0 aliphatic carbocycles. The van der Waals surface area contributed by atoms with Gasteiger partial charge in [-0.05, 0) is 18.2 Å². The number of aliphatic hydroxyl groups is 1. The fraction of sp³-hybridized carbons (Fsp3) is 0.0833. The molecule has 0 aliphatic heterocycles. The molecule has 0 bridgehead atoms. The van der Waals surface area contributed by atoms with E-state index in [-0.39, 0.29) is 0 Å². The Morgan fingerprint density at radius 3 is 1.42 bits per heavy atom. The molecular formula is C24H20Cl3NO5. The molecule has 172 valence electrons. The number of carboxylic acids is 1. The largest absolute Gasteiger partial charge is 0.481 e. The van der Waals surface area contributed by atoms with E-state index in [0.29, 0.717) is 31.8 Å². The van der Waals surface area contributed by atoms with Crippen LogP contribution in [0.25, 0.3) is 0 Å². The maximum absolute atomic E-state index is 10.1. The van der Waals surface area contributed by atoms with Crippen LogP contribution in [-0.4, -0.2) is 28.8 Å². The Balaban J connectivity index is 0.000000433. The average Bonchev–Trinajstić information content (AvgIpc) is 2.80. The number of nitrogens with zero attached hydrogens (tertiary/aromatic N) is 1. The number of hydrogen-bond donors (Lipinski definition) is 2. The average molecular weight is 509 g/mol. The van der Waals surface area contributed by atoms with Crippen molar-refractivity contribution in [3.05, 3.63) is 105 Å². The molecule has 3 aromatic rings. The van der Waals surface area contributed by atoms with E-state index in [1.54, 1.807) is 78.9 Å². The van der Waals surface area contributed by atoms with Crippen LogP contribution in [0.4, 0.5) is 0 Å². The number of aldehydes is 2. The third kappa shape index (κ3) is 13.1. The zero-order valence-electron chi connectivity index (χ0n) is 17.4. The fourth-order valence-electron chi connectivity index (χ4n) is 1.91. The van der Waals surface area contributed by atoms with Gasteiger partial charge in [-0.1, -0.05) is 89.4 Å². The highest BCUT2D eigenvalue weighted by Gasteiger charge is 2.07. The van der Waals surface area contributed by atoms with E-state index in [2.05, 4.69) is 0 Å². The summed E-state index contributed by atoms with van der Waals surface area (Å²) in [5.41, 5.74) is 1.54. The van der Waals surface area contributed by atoms with Gasteiger partial charge < -0.3 is 10.2 Å². The monoisotopic (exact) mass is 507 g/mol. The summed E-state index contributed by atoms with van der Waals surface area (Å²) < 4.78 is 0. The van der Waals surface area contributed by atoms with Gasteiger partial charge in [-0.25, -0.2) is 0 Å². The van der Waals surface area contributed by atoms with Gasteiger partial charge in [-0.2, -0.15) is 5.26 Å². The quantitative estimate of drug-likeness (QED) is 0.317. The van der Waals surface area contributed by atoms with Gasteiger partial charge >= 0.3 is 0 Å². The number of carbonyl (C=O) groups is 3. The lowest BCUT2D eigenvalue weighted by molar-refractivity contribution is -0.134. The van der Waals surface area contributed by atoms with E-state index in [9.17, 15) is 9.59 Å². The van der Waals surface area contributed by atoms with Gasteiger partial charge in [0.25, 0.3) is 5.97 Å². The van der Waals surface area contributed by atoms with E-state index in [4.69, 9.17) is 55.1 Å². The lowest BCUT2D eigenvalue weighted by atomic mass is 10.1. The number of rotatable bonds is 3. The van der Waals surface area contributed by atoms with E-state index in [1.165, 1.54) is 0 Å². The predicted molar refractivity (Wildman–Crippen MR) is 129 cm³/mol. The molecule has 6 nitrogen and oxygen atoms in total. The third-order valence-electron chi connectivity index (χ3n) is 3.39. The zero-order chi connectivity index (χ0) is 25.2. The Labute approximate surface area is 206 Å². The summed E-state index contributed by atoms with van der Waals surface area (Å²) in [6, 6.07) is 22.3. The van der Waals surface area contributed by atoms with Gasteiger partial charge in [0.2, 0.25) is 0 Å². The Kier molecular flexibility index (Phi) is 15.7. The lowest BCUT2D eigenvalue weighted by Gasteiger charge is -2.02. The van der Waals surface area contributed by atoms with Crippen molar-refractivity contribution in [1.29, 1.82) is 5.26 Å². The Hall–Kier alpha value is -3.21. The molecule has 0 saturated heterocycles. The molecule has 33 heavy (non-hydrogen) atoms. The van der Waals surface area contributed by atoms with Gasteiger partial charge in [0.1, 0.15) is 0 Å². The molecule has 0 amide bonds. The van der Waals surface area contributed by atoms with Crippen molar-refractivity contribution >= 4 is 53.3 Å². The molecular weight excluding hydrogens is 489 g/mol. The van der Waals surface area contributed by atoms with Crippen LogP contribution in [0, 0.1) is 11.3 Å². The molecule has 0 aromatic heterocycles. The number of benzene rings is 3. The summed E-state index contributed by atoms with van der Waals surface area (Å²) in [4.78, 5) is 29.3. The molecule has 0 saturated carbocycles. The van der Waals surface area contributed by atoms with Crippen molar-refractivity contribution < 1.29 is 24.6 Å². The molecule has 0 aliphatic rings. The SMILES string of the molecule is CC(=O)O.N#C[C@H](O)c1ccccc1Cl.O=Cc1ccccc1Cl.O=Cc1ccccc1Cl. The van der Waals surface area contributed by atoms with Crippen LogP contribution in [0.5, 0.6) is 0 Å². The molecule has 1 atom stereocenters. The highest BCUT2D eigenvalue weighted by molar-refractivity contribution is 6.33. The van der Waals surface area contributed by atoms with Gasteiger partial charge in [0, 0.05) is 28.6 Å². The van der Waals surface area contributed by atoms with E-state index in [1.807, 2.05) is 0 Å². The number of aliphatic carboxylic acids is 1. The number of aliphatic hydroxyl groups excluding tert-OH is 1. The third-order valence-corrected chi connectivity index (χ3v) is 4.42. The molecule has 9 heteroatoms. The topological polar surface area (TPSA) is 115 Å². The van der Waals surface area contributed by atoms with Crippen molar-refractivity contribution in [3.8, 4) is 6.07 Å². The Morgan fingerprint density at radius 2 is 1.15 bits per heavy atom. The first kappa shape index (κ1) is 29.8. The van der Waals surface area contributed by atoms with Crippen molar-refractivity contribution in [2.24, 2.45) is 0 Å². The predicted octanol–water partition coefficient (Wildman–Crippen LogP) is 6.29. The highest BCUT2D eigenvalue weighted by Crippen LogP contribution is 2.21. The van der Waals surface area contributed by atoms with Crippen molar-refractivity contribution in [3.63, 3.8) is 0 Å². The van der Waals surface area contributed by atoms with E-state index < -0.39 is 12.1 Å². The van der Waals surface area contributed by atoms with Gasteiger partial charge in [0.15, 0.2) is 18.7 Å². The summed E-state index contributed by atoms with van der Waals surface area (Å²) in [7, 11) is 0.